The van der Waals surface area contributed by atoms with Gasteiger partial charge < -0.3 is 15.2 Å². The van der Waals surface area contributed by atoms with E-state index in [9.17, 15) is 9.90 Å². The summed E-state index contributed by atoms with van der Waals surface area (Å²) < 4.78 is 5.41. The maximum atomic E-state index is 12.6. The molecule has 0 bridgehead atoms. The third-order valence-corrected chi connectivity index (χ3v) is 5.05. The molecule has 2 N–H and O–H groups in total. The second-order valence-electron chi connectivity index (χ2n) is 6.53. The number of nitrogens with one attached hydrogen (secondary N) is 1. The van der Waals surface area contributed by atoms with E-state index < -0.39 is 5.54 Å². The van der Waals surface area contributed by atoms with E-state index in [1.54, 1.807) is 12.1 Å². The summed E-state index contributed by atoms with van der Waals surface area (Å²) >= 11 is 6.08. The van der Waals surface area contributed by atoms with Crippen molar-refractivity contribution < 1.29 is 14.6 Å². The van der Waals surface area contributed by atoms with Crippen molar-refractivity contribution in [1.29, 1.82) is 0 Å². The average molecular weight is 356 g/mol. The number of amides is 1. The molecule has 1 fully saturated rings. The Morgan fingerprint density at radius 1 is 1.40 bits per heavy atom. The lowest BCUT2D eigenvalue weighted by molar-refractivity contribution is -0.116. The van der Waals surface area contributed by atoms with Crippen LogP contribution in [-0.4, -0.2) is 22.7 Å². The third-order valence-electron chi connectivity index (χ3n) is 4.84. The topological polar surface area (TPSA) is 58.6 Å². The van der Waals surface area contributed by atoms with Crippen LogP contribution in [-0.2, 0) is 9.53 Å². The van der Waals surface area contributed by atoms with Crippen molar-refractivity contribution in [3.8, 4) is 24.4 Å². The van der Waals surface area contributed by atoms with Gasteiger partial charge in [-0.1, -0.05) is 11.6 Å². The summed E-state index contributed by atoms with van der Waals surface area (Å²) in [7, 11) is 0. The number of aryl methyl sites for hydroxylation is 2. The Morgan fingerprint density at radius 2 is 2.08 bits per heavy atom. The first-order valence-corrected chi connectivity index (χ1v) is 8.40. The van der Waals surface area contributed by atoms with Crippen molar-refractivity contribution in [3.05, 3.63) is 39.6 Å². The molecule has 1 spiro atoms. The molecule has 0 saturated heterocycles. The van der Waals surface area contributed by atoms with Gasteiger partial charge in [-0.2, -0.15) is 0 Å². The molecule has 3 rings (SSSR count). The fourth-order valence-electron chi connectivity index (χ4n) is 3.79. The maximum Gasteiger partial charge on any atom is 0.256 e. The highest BCUT2D eigenvalue weighted by molar-refractivity contribution is 6.31. The molecular weight excluding hydrogens is 338 g/mol. The van der Waals surface area contributed by atoms with Gasteiger partial charge in [0.1, 0.15) is 23.5 Å². The van der Waals surface area contributed by atoms with Crippen molar-refractivity contribution in [2.24, 2.45) is 0 Å². The molecule has 1 amide bonds. The van der Waals surface area contributed by atoms with Crippen LogP contribution in [0.1, 0.15) is 36.0 Å². The van der Waals surface area contributed by atoms with Gasteiger partial charge in [0.15, 0.2) is 0 Å². The molecule has 2 aliphatic rings. The first kappa shape index (κ1) is 17.3. The van der Waals surface area contributed by atoms with Gasteiger partial charge in [-0.25, -0.2) is 0 Å². The van der Waals surface area contributed by atoms with E-state index in [2.05, 4.69) is 23.3 Å². The van der Waals surface area contributed by atoms with Gasteiger partial charge in [-0.15, -0.1) is 6.42 Å². The summed E-state index contributed by atoms with van der Waals surface area (Å²) in [6, 6.07) is 3.58. The fraction of sp³-hybridized carbons (Fsp3) is 0.350. The van der Waals surface area contributed by atoms with Gasteiger partial charge in [0.2, 0.25) is 0 Å². The monoisotopic (exact) mass is 355 g/mol. The van der Waals surface area contributed by atoms with Crippen LogP contribution >= 0.6 is 11.6 Å². The largest absolute Gasteiger partial charge is 0.509 e. The van der Waals surface area contributed by atoms with Gasteiger partial charge in [0, 0.05) is 17.4 Å². The van der Waals surface area contributed by atoms with Crippen molar-refractivity contribution in [2.75, 3.05) is 0 Å². The second kappa shape index (κ2) is 6.39. The van der Waals surface area contributed by atoms with Crippen molar-refractivity contribution in [3.63, 3.8) is 0 Å². The van der Waals surface area contributed by atoms with Crippen LogP contribution in [0.2, 0.25) is 5.02 Å². The van der Waals surface area contributed by atoms with Crippen molar-refractivity contribution >= 4 is 23.1 Å². The molecule has 4 nitrogen and oxygen atoms in total. The number of halogens is 1. The van der Waals surface area contributed by atoms with E-state index >= 15 is 0 Å². The molecule has 0 radical (unpaired) electrons. The summed E-state index contributed by atoms with van der Waals surface area (Å²) in [5, 5.41) is 14.5. The first-order valence-electron chi connectivity index (χ1n) is 8.02. The predicted octanol–water partition coefficient (Wildman–Crippen LogP) is 3.26. The Hall–Kier alpha value is -2.56. The number of hydrogen-bond acceptors (Lipinski definition) is 3. The van der Waals surface area contributed by atoms with Crippen LogP contribution in [0, 0.1) is 38.2 Å². The van der Waals surface area contributed by atoms with Crippen molar-refractivity contribution in [1.82, 2.24) is 5.32 Å². The molecule has 1 aromatic carbocycles. The molecule has 25 heavy (non-hydrogen) atoms. The van der Waals surface area contributed by atoms with E-state index in [-0.39, 0.29) is 17.8 Å². The third kappa shape index (κ3) is 2.95. The van der Waals surface area contributed by atoms with Crippen LogP contribution in [0.25, 0.3) is 5.57 Å². The summed E-state index contributed by atoms with van der Waals surface area (Å²) in [5.74, 6) is 4.39. The Balaban J connectivity index is 1.97. The van der Waals surface area contributed by atoms with Crippen LogP contribution in [0.3, 0.4) is 0 Å². The molecular formula is C20H18ClNO3. The van der Waals surface area contributed by atoms with Crippen LogP contribution in [0.4, 0.5) is 0 Å². The Kier molecular flexibility index (Phi) is 4.41. The fourth-order valence-corrected chi connectivity index (χ4v) is 4.12. The number of aliphatic hydroxyl groups excluding tert-OH is 1. The van der Waals surface area contributed by atoms with Gasteiger partial charge in [-0.3, -0.25) is 4.79 Å². The summed E-state index contributed by atoms with van der Waals surface area (Å²) in [6.07, 6.45) is 9.07. The SMILES string of the molecule is C#CC#COC1CCC2(C1)NC(=O)C(c1c(C)cc(Cl)cc1C)=C2O. The standard InChI is InChI=1S/C20H18ClNO3/c1-4-5-8-25-15-6-7-20(11-15)18(23)17(19(24)22-20)16-12(2)9-14(21)10-13(16)3/h1,9-10,15,23H,6-7,11H2,2-3H3,(H,22,24). The first-order chi connectivity index (χ1) is 11.9. The summed E-state index contributed by atoms with van der Waals surface area (Å²) in [6.45, 7) is 3.76. The smallest absolute Gasteiger partial charge is 0.256 e. The molecule has 128 valence electrons. The number of carbonyl (C=O) groups is 1. The summed E-state index contributed by atoms with van der Waals surface area (Å²) in [4.78, 5) is 12.6. The predicted molar refractivity (Wildman–Crippen MR) is 96.7 cm³/mol. The molecule has 0 aromatic heterocycles. The van der Waals surface area contributed by atoms with Gasteiger partial charge >= 0.3 is 0 Å². The zero-order valence-electron chi connectivity index (χ0n) is 14.1. The zero-order valence-corrected chi connectivity index (χ0v) is 14.8. The molecule has 1 heterocycles. The minimum absolute atomic E-state index is 0.0713. The number of aliphatic hydroxyl groups is 1. The molecule has 1 aliphatic heterocycles. The summed E-state index contributed by atoms with van der Waals surface area (Å²) in [5.41, 5.74) is 1.96. The molecule has 2 atom stereocenters. The number of rotatable bonds is 2. The number of carbonyl (C=O) groups excluding carboxylic acids is 1. The average Bonchev–Trinajstić information content (AvgIpc) is 3.03. The second-order valence-corrected chi connectivity index (χ2v) is 6.96. The normalized spacial score (nSPS) is 24.7. The van der Waals surface area contributed by atoms with E-state index in [1.807, 2.05) is 13.8 Å². The number of terminal acetylenes is 1. The number of benzene rings is 1. The lowest BCUT2D eigenvalue weighted by Gasteiger charge is -2.23. The lowest BCUT2D eigenvalue weighted by Crippen LogP contribution is -2.42. The van der Waals surface area contributed by atoms with Gasteiger partial charge in [0.05, 0.1) is 5.57 Å². The Morgan fingerprint density at radius 3 is 2.72 bits per heavy atom. The van der Waals surface area contributed by atoms with E-state index in [1.165, 1.54) is 0 Å². The quantitative estimate of drug-likeness (QED) is 0.800. The van der Waals surface area contributed by atoms with E-state index in [0.29, 0.717) is 29.9 Å². The highest BCUT2D eigenvalue weighted by Gasteiger charge is 2.51. The Bertz CT molecular complexity index is 861. The maximum absolute atomic E-state index is 12.6. The molecule has 1 aliphatic carbocycles. The lowest BCUT2D eigenvalue weighted by atomic mass is 9.90. The van der Waals surface area contributed by atoms with Gasteiger partial charge in [0.25, 0.3) is 5.91 Å². The van der Waals surface area contributed by atoms with Crippen LogP contribution in [0.15, 0.2) is 17.9 Å². The zero-order chi connectivity index (χ0) is 18.2. The molecule has 2 unspecified atom stereocenters. The minimum atomic E-state index is -0.798. The minimum Gasteiger partial charge on any atom is -0.509 e. The molecule has 1 saturated carbocycles. The van der Waals surface area contributed by atoms with E-state index in [4.69, 9.17) is 22.8 Å². The van der Waals surface area contributed by atoms with Crippen LogP contribution < -0.4 is 5.32 Å². The molecule has 5 heteroatoms. The highest BCUT2D eigenvalue weighted by atomic mass is 35.5. The number of ether oxygens (including phenoxy) is 1. The van der Waals surface area contributed by atoms with Gasteiger partial charge in [-0.05, 0) is 61.4 Å². The van der Waals surface area contributed by atoms with Crippen LogP contribution in [0.5, 0.6) is 0 Å². The Labute approximate surface area is 152 Å². The van der Waals surface area contributed by atoms with Crippen molar-refractivity contribution in [2.45, 2.75) is 44.8 Å². The van der Waals surface area contributed by atoms with E-state index in [0.717, 1.165) is 16.7 Å². The number of hydrogen-bond donors (Lipinski definition) is 2. The highest BCUT2D eigenvalue weighted by Crippen LogP contribution is 2.44. The molecule has 1 aromatic rings.